The van der Waals surface area contributed by atoms with Crippen molar-refractivity contribution in [2.75, 3.05) is 6.61 Å². The summed E-state index contributed by atoms with van der Waals surface area (Å²) in [6.07, 6.45) is 6.73. The summed E-state index contributed by atoms with van der Waals surface area (Å²) in [5.41, 5.74) is 3.76. The number of ether oxygens (including phenoxy) is 1. The predicted molar refractivity (Wildman–Crippen MR) is 110 cm³/mol. The van der Waals surface area contributed by atoms with E-state index < -0.39 is 5.41 Å². The van der Waals surface area contributed by atoms with Gasteiger partial charge in [-0.3, -0.25) is 4.79 Å². The summed E-state index contributed by atoms with van der Waals surface area (Å²) in [5.74, 6) is 0.714. The Labute approximate surface area is 165 Å². The van der Waals surface area contributed by atoms with Crippen LogP contribution in [0.15, 0.2) is 78.4 Å². The molecule has 6 rings (SSSR count). The first-order valence-electron chi connectivity index (χ1n) is 10.4. The van der Waals surface area contributed by atoms with E-state index in [1.165, 1.54) is 5.57 Å². The summed E-state index contributed by atoms with van der Waals surface area (Å²) in [4.78, 5) is 14.5. The normalized spacial score (nSPS) is 38.0. The number of benzene rings is 2. The number of carbonyl (C=O) groups is 1. The van der Waals surface area contributed by atoms with Crippen molar-refractivity contribution < 1.29 is 9.53 Å². The molecular weight excluding hydrogens is 344 g/mol. The van der Waals surface area contributed by atoms with E-state index in [9.17, 15) is 4.79 Å². The first kappa shape index (κ1) is 16.5. The first-order valence-corrected chi connectivity index (χ1v) is 10.4. The monoisotopic (exact) mass is 368 g/mol. The van der Waals surface area contributed by atoms with Crippen LogP contribution in [0.1, 0.15) is 30.9 Å². The minimum absolute atomic E-state index is 0.130. The maximum Gasteiger partial charge on any atom is 0.175 e. The Balaban J connectivity index is 1.73. The molecule has 28 heavy (non-hydrogen) atoms. The molecule has 2 heteroatoms. The van der Waals surface area contributed by atoms with E-state index in [1.807, 2.05) is 24.3 Å². The van der Waals surface area contributed by atoms with Crippen molar-refractivity contribution in [1.29, 1.82) is 0 Å². The average molecular weight is 368 g/mol. The molecule has 1 spiro atoms. The van der Waals surface area contributed by atoms with Gasteiger partial charge in [-0.25, -0.2) is 0 Å². The van der Waals surface area contributed by atoms with Crippen LogP contribution < -0.4 is 0 Å². The molecule has 0 amide bonds. The van der Waals surface area contributed by atoms with Gasteiger partial charge in [0.05, 0.1) is 18.1 Å². The smallest absolute Gasteiger partial charge is 0.175 e. The van der Waals surface area contributed by atoms with Gasteiger partial charge in [0.1, 0.15) is 0 Å². The molecule has 2 nitrogen and oxygen atoms in total. The van der Waals surface area contributed by atoms with Gasteiger partial charge < -0.3 is 4.74 Å². The largest absolute Gasteiger partial charge is 0.377 e. The Morgan fingerprint density at radius 1 is 0.964 bits per heavy atom. The summed E-state index contributed by atoms with van der Waals surface area (Å²) >= 11 is 0. The van der Waals surface area contributed by atoms with E-state index >= 15 is 0 Å². The molecule has 1 saturated heterocycles. The van der Waals surface area contributed by atoms with Crippen LogP contribution in [0.4, 0.5) is 0 Å². The van der Waals surface area contributed by atoms with Crippen LogP contribution in [0.3, 0.4) is 0 Å². The highest BCUT2D eigenvalue weighted by Gasteiger charge is 2.76. The van der Waals surface area contributed by atoms with Crippen LogP contribution in [-0.2, 0) is 14.9 Å². The minimum Gasteiger partial charge on any atom is -0.377 e. The number of rotatable bonds is 2. The van der Waals surface area contributed by atoms with Crippen molar-refractivity contribution in [2.24, 2.45) is 17.3 Å². The molecule has 1 heterocycles. The molecule has 2 fully saturated rings. The van der Waals surface area contributed by atoms with Crippen molar-refractivity contribution in [2.45, 2.75) is 31.3 Å². The van der Waals surface area contributed by atoms with Crippen molar-refractivity contribution in [1.82, 2.24) is 0 Å². The van der Waals surface area contributed by atoms with Gasteiger partial charge in [0.25, 0.3) is 0 Å². The van der Waals surface area contributed by atoms with E-state index in [1.54, 1.807) is 0 Å². The summed E-state index contributed by atoms with van der Waals surface area (Å²) in [6.45, 7) is 2.95. The topological polar surface area (TPSA) is 26.3 Å². The predicted octanol–water partition coefficient (Wildman–Crippen LogP) is 4.96. The second-order valence-corrected chi connectivity index (χ2v) is 8.73. The maximum absolute atomic E-state index is 14.5. The molecule has 5 atom stereocenters. The highest BCUT2D eigenvalue weighted by molar-refractivity contribution is 6.30. The number of carbonyl (C=O) groups excluding carboxylic acids is 1. The second-order valence-electron chi connectivity index (χ2n) is 8.73. The van der Waals surface area contributed by atoms with E-state index in [2.05, 4.69) is 55.5 Å². The lowest BCUT2D eigenvalue weighted by Crippen LogP contribution is -2.58. The highest BCUT2D eigenvalue weighted by atomic mass is 16.5. The van der Waals surface area contributed by atoms with Gasteiger partial charge in [0.2, 0.25) is 0 Å². The summed E-state index contributed by atoms with van der Waals surface area (Å²) in [6, 6.07) is 20.8. The first-order chi connectivity index (χ1) is 13.7. The average Bonchev–Trinajstić information content (AvgIpc) is 3.34. The molecule has 0 radical (unpaired) electrons. The van der Waals surface area contributed by atoms with Crippen molar-refractivity contribution in [3.05, 3.63) is 89.5 Å². The molecule has 4 aliphatic rings. The Morgan fingerprint density at radius 2 is 1.68 bits per heavy atom. The third-order valence-electron chi connectivity index (χ3n) is 7.87. The minimum atomic E-state index is -0.564. The third kappa shape index (κ3) is 1.64. The standard InChI is InChI=1S/C26H24O2/c1-17-12-13-20-16-28-22-15-14-21-23(18-8-4-2-5-9-18)24(27)25(17,26(20,21)22)19-10-6-3-7-11-19/h2-13,17,20,22H,14-16H2,1H3/t17-,20+,22-,25-,26?/m1/s1. The Bertz CT molecular complexity index is 1020. The summed E-state index contributed by atoms with van der Waals surface area (Å²) in [5, 5.41) is 0. The van der Waals surface area contributed by atoms with Crippen molar-refractivity contribution >= 4 is 11.4 Å². The van der Waals surface area contributed by atoms with Crippen LogP contribution in [-0.4, -0.2) is 18.5 Å². The van der Waals surface area contributed by atoms with E-state index in [0.29, 0.717) is 5.78 Å². The van der Waals surface area contributed by atoms with Gasteiger partial charge in [-0.1, -0.05) is 79.7 Å². The fourth-order valence-corrected chi connectivity index (χ4v) is 7.05. The van der Waals surface area contributed by atoms with Crippen molar-refractivity contribution in [3.8, 4) is 0 Å². The zero-order valence-corrected chi connectivity index (χ0v) is 16.1. The fraction of sp³-hybridized carbons (Fsp3) is 0.346. The molecule has 0 bridgehead atoms. The zero-order chi connectivity index (χ0) is 18.9. The third-order valence-corrected chi connectivity index (χ3v) is 7.87. The second kappa shape index (κ2) is 5.55. The lowest BCUT2D eigenvalue weighted by atomic mass is 9.47. The lowest BCUT2D eigenvalue weighted by Gasteiger charge is -2.52. The maximum atomic E-state index is 14.5. The number of ketones is 1. The Hall–Kier alpha value is -2.45. The lowest BCUT2D eigenvalue weighted by molar-refractivity contribution is -0.125. The van der Waals surface area contributed by atoms with Gasteiger partial charge >= 0.3 is 0 Å². The van der Waals surface area contributed by atoms with Gasteiger partial charge in [-0.15, -0.1) is 0 Å². The number of hydrogen-bond donors (Lipinski definition) is 0. The van der Waals surface area contributed by atoms with Gasteiger partial charge in [-0.2, -0.15) is 0 Å². The molecule has 3 aliphatic carbocycles. The van der Waals surface area contributed by atoms with Gasteiger partial charge in [-0.05, 0) is 35.5 Å². The summed E-state index contributed by atoms with van der Waals surface area (Å²) < 4.78 is 6.39. The molecule has 0 N–H and O–H groups in total. The molecular formula is C26H24O2. The molecule has 2 aromatic rings. The molecule has 1 aliphatic heterocycles. The highest BCUT2D eigenvalue weighted by Crippen LogP contribution is 2.73. The van der Waals surface area contributed by atoms with Gasteiger partial charge in [0.15, 0.2) is 5.78 Å². The fourth-order valence-electron chi connectivity index (χ4n) is 7.05. The van der Waals surface area contributed by atoms with Gasteiger partial charge in [0, 0.05) is 16.9 Å². The summed E-state index contributed by atoms with van der Waals surface area (Å²) in [7, 11) is 0. The van der Waals surface area contributed by atoms with Crippen LogP contribution in [0.2, 0.25) is 0 Å². The van der Waals surface area contributed by atoms with Crippen LogP contribution in [0, 0.1) is 17.3 Å². The SMILES string of the molecule is C[C@@H]1C=C[C@H]2CO[C@@H]3CCC4=C(c5ccccc5)C(=O)[C@@]1(c1ccccc1)C423. The molecule has 2 aromatic carbocycles. The molecule has 1 saturated carbocycles. The van der Waals surface area contributed by atoms with Crippen LogP contribution in [0.25, 0.3) is 5.57 Å². The van der Waals surface area contributed by atoms with E-state index in [4.69, 9.17) is 4.74 Å². The van der Waals surface area contributed by atoms with E-state index in [0.717, 1.165) is 36.1 Å². The van der Waals surface area contributed by atoms with E-state index in [-0.39, 0.29) is 23.4 Å². The van der Waals surface area contributed by atoms with Crippen LogP contribution >= 0.6 is 0 Å². The Morgan fingerprint density at radius 3 is 2.43 bits per heavy atom. The molecule has 0 aromatic heterocycles. The number of Topliss-reactive ketones (excluding diaryl/α,β-unsaturated/α-hetero) is 1. The molecule has 140 valence electrons. The number of hydrogen-bond acceptors (Lipinski definition) is 2. The molecule has 1 unspecified atom stereocenters. The van der Waals surface area contributed by atoms with Crippen molar-refractivity contribution in [3.63, 3.8) is 0 Å². The van der Waals surface area contributed by atoms with Crippen LogP contribution in [0.5, 0.6) is 0 Å². The quantitative estimate of drug-likeness (QED) is 0.700. The Kier molecular flexibility index (Phi) is 3.27. The zero-order valence-electron chi connectivity index (χ0n) is 16.1. The number of allylic oxidation sites excluding steroid dienone is 2.